The first-order chi connectivity index (χ1) is 13.1. The number of aryl methyl sites for hydroxylation is 2. The summed E-state index contributed by atoms with van der Waals surface area (Å²) in [5.41, 5.74) is 0.891. The fraction of sp³-hybridized carbons (Fsp3) is 0.211. The molecule has 6 nitrogen and oxygen atoms in total. The minimum absolute atomic E-state index is 0.409. The van der Waals surface area contributed by atoms with Crippen LogP contribution in [-0.2, 0) is 20.6 Å². The van der Waals surface area contributed by atoms with Gasteiger partial charge in [-0.05, 0) is 49.2 Å². The van der Waals surface area contributed by atoms with Crippen molar-refractivity contribution in [2.45, 2.75) is 20.0 Å². The highest BCUT2D eigenvalue weighted by atomic mass is 19.4. The van der Waals surface area contributed by atoms with Gasteiger partial charge in [-0.1, -0.05) is 18.2 Å². The average molecular weight is 393 g/mol. The van der Waals surface area contributed by atoms with Gasteiger partial charge in [0.1, 0.15) is 0 Å². The van der Waals surface area contributed by atoms with Crippen molar-refractivity contribution in [1.29, 1.82) is 0 Å². The number of anilines is 2. The monoisotopic (exact) mass is 393 g/mol. The number of para-hydroxylation sites is 1. The van der Waals surface area contributed by atoms with Crippen LogP contribution in [0.3, 0.4) is 0 Å². The lowest BCUT2D eigenvalue weighted by Crippen LogP contribution is -2.40. The molecule has 0 saturated heterocycles. The van der Waals surface area contributed by atoms with Gasteiger partial charge in [-0.2, -0.15) is 13.2 Å². The maximum atomic E-state index is 12.9. The summed E-state index contributed by atoms with van der Waals surface area (Å²) in [6.07, 6.45) is -4.64. The van der Waals surface area contributed by atoms with Crippen molar-refractivity contribution in [2.75, 3.05) is 17.2 Å². The lowest BCUT2D eigenvalue weighted by Gasteiger charge is -2.13. The molecular formula is C19H18F3N3O3. The highest BCUT2D eigenvalue weighted by molar-refractivity contribution is 6.39. The number of alkyl halides is 3. The Balaban J connectivity index is 1.91. The molecule has 2 rings (SSSR count). The van der Waals surface area contributed by atoms with Crippen LogP contribution < -0.4 is 16.0 Å². The van der Waals surface area contributed by atoms with Gasteiger partial charge in [-0.15, -0.1) is 0 Å². The number of carbonyl (C=O) groups excluding carboxylic acids is 3. The predicted molar refractivity (Wildman–Crippen MR) is 97.6 cm³/mol. The number of carbonyl (C=O) groups is 3. The molecule has 0 fully saturated rings. The summed E-state index contributed by atoms with van der Waals surface area (Å²) >= 11 is 0. The Labute approximate surface area is 159 Å². The molecule has 0 aliphatic heterocycles. The molecule has 0 aliphatic rings. The van der Waals surface area contributed by atoms with E-state index in [1.807, 2.05) is 13.8 Å². The summed E-state index contributed by atoms with van der Waals surface area (Å²) in [7, 11) is 0. The normalized spacial score (nSPS) is 10.9. The van der Waals surface area contributed by atoms with Crippen molar-refractivity contribution in [3.05, 3.63) is 59.2 Å². The van der Waals surface area contributed by atoms with Gasteiger partial charge in [-0.3, -0.25) is 14.4 Å². The molecule has 0 aliphatic carbocycles. The van der Waals surface area contributed by atoms with Gasteiger partial charge in [0.05, 0.1) is 17.8 Å². The third-order valence-electron chi connectivity index (χ3n) is 3.89. The molecule has 2 aromatic carbocycles. The van der Waals surface area contributed by atoms with Crippen molar-refractivity contribution in [2.24, 2.45) is 0 Å². The van der Waals surface area contributed by atoms with Gasteiger partial charge in [-0.25, -0.2) is 0 Å². The second-order valence-electron chi connectivity index (χ2n) is 6.03. The first-order valence-corrected chi connectivity index (χ1v) is 8.20. The van der Waals surface area contributed by atoms with E-state index in [1.54, 1.807) is 18.2 Å². The number of halogens is 3. The molecule has 0 saturated carbocycles. The van der Waals surface area contributed by atoms with Crippen molar-refractivity contribution >= 4 is 29.1 Å². The maximum Gasteiger partial charge on any atom is 0.418 e. The van der Waals surface area contributed by atoms with E-state index in [0.29, 0.717) is 5.69 Å². The highest BCUT2D eigenvalue weighted by Crippen LogP contribution is 2.34. The zero-order valence-corrected chi connectivity index (χ0v) is 15.1. The number of nitrogens with one attached hydrogen (secondary N) is 3. The summed E-state index contributed by atoms with van der Waals surface area (Å²) in [6.45, 7) is 3.07. The first kappa shape index (κ1) is 20.9. The number of hydrogen-bond acceptors (Lipinski definition) is 3. The van der Waals surface area contributed by atoms with E-state index in [1.165, 1.54) is 12.1 Å². The SMILES string of the molecule is Cc1ccc(NC(=O)C(=O)NCC(=O)Nc2ccccc2C(F)(F)F)cc1C. The van der Waals surface area contributed by atoms with Crippen molar-refractivity contribution in [1.82, 2.24) is 5.32 Å². The average Bonchev–Trinajstić information content (AvgIpc) is 2.62. The summed E-state index contributed by atoms with van der Waals surface area (Å²) in [5.74, 6) is -2.98. The van der Waals surface area contributed by atoms with E-state index >= 15 is 0 Å². The second kappa shape index (κ2) is 8.55. The molecule has 0 atom stereocenters. The third kappa shape index (κ3) is 5.57. The summed E-state index contributed by atoms with van der Waals surface area (Å²) in [4.78, 5) is 35.5. The Morgan fingerprint density at radius 3 is 2.21 bits per heavy atom. The largest absolute Gasteiger partial charge is 0.418 e. The zero-order chi connectivity index (χ0) is 20.9. The van der Waals surface area contributed by atoms with Crippen molar-refractivity contribution < 1.29 is 27.6 Å². The molecule has 28 heavy (non-hydrogen) atoms. The Morgan fingerprint density at radius 2 is 1.57 bits per heavy atom. The predicted octanol–water partition coefficient (Wildman–Crippen LogP) is 3.02. The van der Waals surface area contributed by atoms with E-state index in [0.717, 1.165) is 23.3 Å². The number of rotatable bonds is 4. The topological polar surface area (TPSA) is 87.3 Å². The van der Waals surface area contributed by atoms with Crippen LogP contribution in [0.2, 0.25) is 0 Å². The lowest BCUT2D eigenvalue weighted by atomic mass is 10.1. The molecule has 148 valence electrons. The van der Waals surface area contributed by atoms with E-state index in [4.69, 9.17) is 0 Å². The molecule has 0 bridgehead atoms. The van der Waals surface area contributed by atoms with Crippen LogP contribution in [-0.4, -0.2) is 24.3 Å². The Bertz CT molecular complexity index is 911. The minimum Gasteiger partial charge on any atom is -0.339 e. The summed E-state index contributed by atoms with van der Waals surface area (Å²) in [6, 6.07) is 9.52. The molecular weight excluding hydrogens is 375 g/mol. The van der Waals surface area contributed by atoms with Gasteiger partial charge in [0.25, 0.3) is 0 Å². The molecule has 3 N–H and O–H groups in total. The Morgan fingerprint density at radius 1 is 0.893 bits per heavy atom. The summed E-state index contributed by atoms with van der Waals surface area (Å²) in [5, 5.41) is 6.51. The van der Waals surface area contributed by atoms with Gasteiger partial charge < -0.3 is 16.0 Å². The first-order valence-electron chi connectivity index (χ1n) is 8.20. The van der Waals surface area contributed by atoms with Crippen LogP contribution in [0.15, 0.2) is 42.5 Å². The van der Waals surface area contributed by atoms with E-state index in [9.17, 15) is 27.6 Å². The van der Waals surface area contributed by atoms with E-state index < -0.39 is 41.7 Å². The van der Waals surface area contributed by atoms with Gasteiger partial charge in [0.2, 0.25) is 5.91 Å². The second-order valence-corrected chi connectivity index (χ2v) is 6.03. The molecule has 9 heteroatoms. The summed E-state index contributed by atoms with van der Waals surface area (Å²) < 4.78 is 38.7. The quantitative estimate of drug-likeness (QED) is 0.698. The number of benzene rings is 2. The Kier molecular flexibility index (Phi) is 6.40. The van der Waals surface area contributed by atoms with Gasteiger partial charge >= 0.3 is 18.0 Å². The van der Waals surface area contributed by atoms with E-state index in [2.05, 4.69) is 16.0 Å². The van der Waals surface area contributed by atoms with Gasteiger partial charge in [0, 0.05) is 5.69 Å². The third-order valence-corrected chi connectivity index (χ3v) is 3.89. The van der Waals surface area contributed by atoms with Crippen LogP contribution in [0.1, 0.15) is 16.7 Å². The van der Waals surface area contributed by atoms with Crippen LogP contribution >= 0.6 is 0 Å². The molecule has 0 heterocycles. The van der Waals surface area contributed by atoms with Crippen LogP contribution in [0, 0.1) is 13.8 Å². The molecule has 0 aromatic heterocycles. The smallest absolute Gasteiger partial charge is 0.339 e. The van der Waals surface area contributed by atoms with Crippen LogP contribution in [0.4, 0.5) is 24.5 Å². The molecule has 3 amide bonds. The lowest BCUT2D eigenvalue weighted by molar-refractivity contribution is -0.137. The molecule has 0 radical (unpaired) electrons. The molecule has 0 spiro atoms. The number of amides is 3. The fourth-order valence-electron chi connectivity index (χ4n) is 2.28. The fourth-order valence-corrected chi connectivity index (χ4v) is 2.28. The standard InChI is InChI=1S/C19H18F3N3O3/c1-11-7-8-13(9-12(11)2)24-18(28)17(27)23-10-16(26)25-15-6-4-3-5-14(15)19(20,21)22/h3-9H,10H2,1-2H3,(H,23,27)(H,24,28)(H,25,26). The molecule has 0 unspecified atom stereocenters. The zero-order valence-electron chi connectivity index (χ0n) is 15.1. The molecule has 2 aromatic rings. The number of hydrogen-bond donors (Lipinski definition) is 3. The minimum atomic E-state index is -4.64. The van der Waals surface area contributed by atoms with Crippen molar-refractivity contribution in [3.8, 4) is 0 Å². The van der Waals surface area contributed by atoms with Gasteiger partial charge in [0.15, 0.2) is 0 Å². The Hall–Kier alpha value is -3.36. The highest BCUT2D eigenvalue weighted by Gasteiger charge is 2.33. The van der Waals surface area contributed by atoms with Crippen LogP contribution in [0.5, 0.6) is 0 Å². The van der Waals surface area contributed by atoms with Crippen LogP contribution in [0.25, 0.3) is 0 Å². The maximum absolute atomic E-state index is 12.9. The van der Waals surface area contributed by atoms with E-state index in [-0.39, 0.29) is 0 Å². The van der Waals surface area contributed by atoms with Crippen molar-refractivity contribution in [3.63, 3.8) is 0 Å².